The molecule has 1 aromatic rings. The average molecular weight is 323 g/mol. The highest BCUT2D eigenvalue weighted by Crippen LogP contribution is 2.29. The first kappa shape index (κ1) is 16.9. The van der Waals surface area contributed by atoms with E-state index in [9.17, 15) is 24.1 Å². The highest BCUT2D eigenvalue weighted by Gasteiger charge is 2.35. The fourth-order valence-corrected chi connectivity index (χ4v) is 2.39. The van der Waals surface area contributed by atoms with Gasteiger partial charge in [0.1, 0.15) is 0 Å². The number of halogens is 1. The van der Waals surface area contributed by atoms with Gasteiger partial charge in [-0.2, -0.15) is 4.39 Å². The van der Waals surface area contributed by atoms with E-state index >= 15 is 0 Å². The number of nitro benzene ring substituents is 1. The van der Waals surface area contributed by atoms with E-state index in [-0.39, 0.29) is 30.5 Å². The lowest BCUT2D eigenvalue weighted by Gasteiger charge is -2.17. The van der Waals surface area contributed by atoms with Crippen LogP contribution in [0.4, 0.5) is 15.8 Å². The monoisotopic (exact) mass is 323 g/mol. The lowest BCUT2D eigenvalue weighted by Crippen LogP contribution is -2.35. The lowest BCUT2D eigenvalue weighted by molar-refractivity contribution is -0.387. The van der Waals surface area contributed by atoms with Gasteiger partial charge in [-0.05, 0) is 18.1 Å². The van der Waals surface area contributed by atoms with E-state index in [2.05, 4.69) is 5.32 Å². The van der Waals surface area contributed by atoms with Gasteiger partial charge in [0, 0.05) is 25.6 Å². The maximum Gasteiger partial charge on any atom is 0.306 e. The summed E-state index contributed by atoms with van der Waals surface area (Å²) in [5.41, 5.74) is -0.467. The summed E-state index contributed by atoms with van der Waals surface area (Å²) in [6.07, 6.45) is 0.0368. The second-order valence-electron chi connectivity index (χ2n) is 5.94. The van der Waals surface area contributed by atoms with E-state index in [4.69, 9.17) is 0 Å². The van der Waals surface area contributed by atoms with Gasteiger partial charge in [0.25, 0.3) is 0 Å². The fourth-order valence-electron chi connectivity index (χ4n) is 2.39. The molecule has 1 N–H and O–H groups in total. The van der Waals surface area contributed by atoms with Crippen LogP contribution in [-0.2, 0) is 9.59 Å². The third-order valence-electron chi connectivity index (χ3n) is 3.62. The third kappa shape index (κ3) is 3.82. The molecule has 1 unspecified atom stereocenters. The highest BCUT2D eigenvalue weighted by molar-refractivity contribution is 6.00. The van der Waals surface area contributed by atoms with Gasteiger partial charge in [-0.25, -0.2) is 0 Å². The molecule has 0 saturated carbocycles. The number of nitro groups is 1. The van der Waals surface area contributed by atoms with Crippen LogP contribution in [0.25, 0.3) is 0 Å². The van der Waals surface area contributed by atoms with Crippen LogP contribution in [0.5, 0.6) is 0 Å². The molecule has 124 valence electrons. The topological polar surface area (TPSA) is 92.6 Å². The number of anilines is 1. The standard InChI is InChI=1S/C15H18FN3O4/c1-9(2)7-17-15(21)10-5-14(20)18(8-10)11-3-4-12(16)13(6-11)19(22)23/h3-4,6,9-10H,5,7-8H2,1-2H3,(H,17,21). The summed E-state index contributed by atoms with van der Waals surface area (Å²) in [6.45, 7) is 4.57. The van der Waals surface area contributed by atoms with Crippen molar-refractivity contribution in [3.63, 3.8) is 0 Å². The molecule has 8 heteroatoms. The van der Waals surface area contributed by atoms with Crippen LogP contribution in [0, 0.1) is 27.8 Å². The van der Waals surface area contributed by atoms with Gasteiger partial charge in [0.05, 0.1) is 16.5 Å². The van der Waals surface area contributed by atoms with Crippen molar-refractivity contribution in [2.24, 2.45) is 11.8 Å². The first-order valence-corrected chi connectivity index (χ1v) is 7.31. The third-order valence-corrected chi connectivity index (χ3v) is 3.62. The smallest absolute Gasteiger partial charge is 0.306 e. The Morgan fingerprint density at radius 1 is 1.52 bits per heavy atom. The molecule has 1 saturated heterocycles. The number of nitrogens with zero attached hydrogens (tertiary/aromatic N) is 2. The molecule has 1 aliphatic heterocycles. The molecule has 23 heavy (non-hydrogen) atoms. The molecule has 0 spiro atoms. The van der Waals surface area contributed by atoms with Crippen molar-refractivity contribution in [1.82, 2.24) is 5.32 Å². The largest absolute Gasteiger partial charge is 0.356 e. The molecule has 2 amide bonds. The minimum absolute atomic E-state index is 0.0368. The molecule has 2 rings (SSSR count). The predicted molar refractivity (Wildman–Crippen MR) is 81.4 cm³/mol. The summed E-state index contributed by atoms with van der Waals surface area (Å²) in [5.74, 6) is -1.70. The Kier molecular flexibility index (Phi) is 4.92. The number of hydrogen-bond acceptors (Lipinski definition) is 4. The molecule has 0 aliphatic carbocycles. The normalized spacial score (nSPS) is 17.7. The highest BCUT2D eigenvalue weighted by atomic mass is 19.1. The molecule has 7 nitrogen and oxygen atoms in total. The number of carbonyl (C=O) groups excluding carboxylic acids is 2. The van der Waals surface area contributed by atoms with E-state index in [0.29, 0.717) is 12.5 Å². The van der Waals surface area contributed by atoms with E-state index in [1.807, 2.05) is 13.8 Å². The van der Waals surface area contributed by atoms with Crippen LogP contribution in [-0.4, -0.2) is 29.8 Å². The Morgan fingerprint density at radius 3 is 2.83 bits per heavy atom. The Balaban J connectivity index is 2.13. The van der Waals surface area contributed by atoms with Crippen molar-refractivity contribution < 1.29 is 18.9 Å². The molecule has 1 heterocycles. The molecular weight excluding hydrogens is 305 g/mol. The van der Waals surface area contributed by atoms with E-state index < -0.39 is 22.3 Å². The molecule has 0 aromatic heterocycles. The Morgan fingerprint density at radius 2 is 2.22 bits per heavy atom. The first-order chi connectivity index (χ1) is 10.8. The summed E-state index contributed by atoms with van der Waals surface area (Å²) in [6, 6.07) is 3.27. The zero-order chi connectivity index (χ0) is 17.1. The van der Waals surface area contributed by atoms with Gasteiger partial charge >= 0.3 is 5.69 Å². The number of amides is 2. The second-order valence-corrected chi connectivity index (χ2v) is 5.94. The Hall–Kier alpha value is -2.51. The second kappa shape index (κ2) is 6.72. The van der Waals surface area contributed by atoms with E-state index in [0.717, 1.165) is 12.1 Å². The molecule has 1 fully saturated rings. The number of rotatable bonds is 5. The molecule has 1 aliphatic rings. The van der Waals surface area contributed by atoms with Crippen molar-refractivity contribution >= 4 is 23.2 Å². The fraction of sp³-hybridized carbons (Fsp3) is 0.467. The number of carbonyl (C=O) groups is 2. The van der Waals surface area contributed by atoms with Gasteiger partial charge in [0.15, 0.2) is 0 Å². The number of benzene rings is 1. The number of hydrogen-bond donors (Lipinski definition) is 1. The number of nitrogens with one attached hydrogen (secondary N) is 1. The van der Waals surface area contributed by atoms with Crippen molar-refractivity contribution in [2.75, 3.05) is 18.0 Å². The van der Waals surface area contributed by atoms with Crippen LogP contribution in [0.3, 0.4) is 0 Å². The zero-order valence-electron chi connectivity index (χ0n) is 12.9. The summed E-state index contributed by atoms with van der Waals surface area (Å²) >= 11 is 0. The quantitative estimate of drug-likeness (QED) is 0.661. The Labute approximate surface area is 132 Å². The molecule has 0 bridgehead atoms. The van der Waals surface area contributed by atoms with Gasteiger partial charge in [-0.1, -0.05) is 13.8 Å². The summed E-state index contributed by atoms with van der Waals surface area (Å²) < 4.78 is 13.4. The minimum atomic E-state index is -0.961. The molecule has 0 radical (unpaired) electrons. The SMILES string of the molecule is CC(C)CNC(=O)C1CC(=O)N(c2ccc(F)c([N+](=O)[O-])c2)C1. The summed E-state index contributed by atoms with van der Waals surface area (Å²) in [4.78, 5) is 35.4. The van der Waals surface area contributed by atoms with Gasteiger partial charge in [0.2, 0.25) is 17.6 Å². The maximum atomic E-state index is 13.4. The predicted octanol–water partition coefficient (Wildman–Crippen LogP) is 1.86. The minimum Gasteiger partial charge on any atom is -0.356 e. The van der Waals surface area contributed by atoms with E-state index in [1.54, 1.807) is 0 Å². The molecule has 1 atom stereocenters. The summed E-state index contributed by atoms with van der Waals surface area (Å²) in [5, 5.41) is 13.6. The van der Waals surface area contributed by atoms with Gasteiger partial charge < -0.3 is 10.2 Å². The van der Waals surface area contributed by atoms with Crippen LogP contribution in [0.15, 0.2) is 18.2 Å². The molecular formula is C15H18FN3O4. The molecule has 1 aromatic carbocycles. The average Bonchev–Trinajstić information content (AvgIpc) is 2.87. The van der Waals surface area contributed by atoms with E-state index in [1.165, 1.54) is 11.0 Å². The van der Waals surface area contributed by atoms with Crippen molar-refractivity contribution in [3.05, 3.63) is 34.1 Å². The maximum absolute atomic E-state index is 13.4. The van der Waals surface area contributed by atoms with Crippen LogP contribution < -0.4 is 10.2 Å². The zero-order valence-corrected chi connectivity index (χ0v) is 12.9. The Bertz CT molecular complexity index is 648. The lowest BCUT2D eigenvalue weighted by atomic mass is 10.1. The van der Waals surface area contributed by atoms with Crippen molar-refractivity contribution in [1.29, 1.82) is 0 Å². The van der Waals surface area contributed by atoms with Gasteiger partial charge in [-0.15, -0.1) is 0 Å². The van der Waals surface area contributed by atoms with Crippen LogP contribution >= 0.6 is 0 Å². The van der Waals surface area contributed by atoms with Crippen molar-refractivity contribution in [3.8, 4) is 0 Å². The summed E-state index contributed by atoms with van der Waals surface area (Å²) in [7, 11) is 0. The van der Waals surface area contributed by atoms with Crippen LogP contribution in [0.2, 0.25) is 0 Å². The van der Waals surface area contributed by atoms with Crippen molar-refractivity contribution in [2.45, 2.75) is 20.3 Å². The van der Waals surface area contributed by atoms with Gasteiger partial charge in [-0.3, -0.25) is 19.7 Å². The van der Waals surface area contributed by atoms with Crippen LogP contribution in [0.1, 0.15) is 20.3 Å². The first-order valence-electron chi connectivity index (χ1n) is 7.31.